The maximum atomic E-state index is 2.49. The van der Waals surface area contributed by atoms with E-state index in [2.05, 4.69) is 242 Å². The van der Waals surface area contributed by atoms with E-state index in [0.29, 0.717) is 0 Å². The van der Waals surface area contributed by atoms with Crippen molar-refractivity contribution in [2.75, 3.05) is 4.90 Å². The Kier molecular flexibility index (Phi) is 7.49. The van der Waals surface area contributed by atoms with Gasteiger partial charge in [-0.2, -0.15) is 0 Å². The highest BCUT2D eigenvalue weighted by molar-refractivity contribution is 6.35. The molecule has 12 aromatic rings. The van der Waals surface area contributed by atoms with E-state index in [4.69, 9.17) is 0 Å². The summed E-state index contributed by atoms with van der Waals surface area (Å²) < 4.78 is 2.49. The molecule has 2 aliphatic carbocycles. The van der Waals surface area contributed by atoms with E-state index in [1.807, 2.05) is 0 Å². The van der Waals surface area contributed by atoms with Crippen molar-refractivity contribution in [3.63, 3.8) is 0 Å². The number of anilines is 3. The molecule has 2 nitrogen and oxygen atoms in total. The summed E-state index contributed by atoms with van der Waals surface area (Å²) in [6.07, 6.45) is 0. The third kappa shape index (κ3) is 5.05. The second-order valence-electron chi connectivity index (χ2n) is 18.4. The summed E-state index contributed by atoms with van der Waals surface area (Å²) in [5.74, 6) is 0. The van der Waals surface area contributed by atoms with Gasteiger partial charge in [-0.25, -0.2) is 0 Å². The van der Waals surface area contributed by atoms with Crippen LogP contribution >= 0.6 is 0 Å². The molecule has 0 N–H and O–H groups in total. The fourth-order valence-corrected chi connectivity index (χ4v) is 11.8. The Hall–Kier alpha value is -8.20. The molecule has 1 heterocycles. The van der Waals surface area contributed by atoms with Crippen LogP contribution in [0.5, 0.6) is 0 Å². The van der Waals surface area contributed by atoms with Crippen LogP contribution in [0.3, 0.4) is 0 Å². The van der Waals surface area contributed by atoms with Gasteiger partial charge >= 0.3 is 0 Å². The lowest BCUT2D eigenvalue weighted by Crippen LogP contribution is -2.16. The molecule has 0 amide bonds. The Balaban J connectivity index is 0.886. The zero-order chi connectivity index (χ0) is 43.0. The first-order valence-corrected chi connectivity index (χ1v) is 22.8. The smallest absolute Gasteiger partial charge is 0.0547 e. The first kappa shape index (κ1) is 36.3. The van der Waals surface area contributed by atoms with Crippen LogP contribution in [-0.2, 0) is 5.41 Å². The molecule has 0 saturated heterocycles. The topological polar surface area (TPSA) is 8.17 Å². The number of hydrogen-bond acceptors (Lipinski definition) is 1. The zero-order valence-electron chi connectivity index (χ0n) is 36.2. The molecule has 2 heteroatoms. The largest absolute Gasteiger partial charge is 0.310 e. The summed E-state index contributed by atoms with van der Waals surface area (Å²) in [5, 5.41) is 10.4. The van der Waals surface area contributed by atoms with Gasteiger partial charge in [-0.3, -0.25) is 0 Å². The monoisotopic (exact) mass is 826 g/mol. The Labute approximate surface area is 377 Å². The lowest BCUT2D eigenvalue weighted by atomic mass is 9.82. The van der Waals surface area contributed by atoms with E-state index in [9.17, 15) is 0 Å². The van der Waals surface area contributed by atoms with E-state index >= 15 is 0 Å². The van der Waals surface area contributed by atoms with Crippen molar-refractivity contribution in [3.8, 4) is 50.2 Å². The van der Waals surface area contributed by atoms with Gasteiger partial charge in [0.15, 0.2) is 0 Å². The molecule has 0 spiro atoms. The highest BCUT2D eigenvalue weighted by Gasteiger charge is 2.36. The summed E-state index contributed by atoms with van der Waals surface area (Å²) in [6, 6.07) is 81.3. The van der Waals surface area contributed by atoms with Gasteiger partial charge in [-0.1, -0.05) is 172 Å². The van der Waals surface area contributed by atoms with Crippen LogP contribution in [0.25, 0.3) is 104 Å². The van der Waals surface area contributed by atoms with Crippen molar-refractivity contribution in [2.24, 2.45) is 0 Å². The number of rotatable bonds is 5. The van der Waals surface area contributed by atoms with Gasteiger partial charge < -0.3 is 9.47 Å². The van der Waals surface area contributed by atoms with Crippen LogP contribution in [-0.4, -0.2) is 4.57 Å². The summed E-state index contributed by atoms with van der Waals surface area (Å²) >= 11 is 0. The van der Waals surface area contributed by atoms with Gasteiger partial charge in [0.05, 0.1) is 11.0 Å². The van der Waals surface area contributed by atoms with Crippen LogP contribution < -0.4 is 4.90 Å². The third-order valence-electron chi connectivity index (χ3n) is 14.7. The summed E-state index contributed by atoms with van der Waals surface area (Å²) in [7, 11) is 0. The number of nitrogens with zero attached hydrogens (tertiary/aromatic N) is 2. The lowest BCUT2D eigenvalue weighted by Gasteiger charge is -2.28. The van der Waals surface area contributed by atoms with E-state index < -0.39 is 0 Å². The van der Waals surface area contributed by atoms with Gasteiger partial charge in [0.25, 0.3) is 0 Å². The number of benzene rings is 11. The number of hydrogen-bond donors (Lipinski definition) is 0. The standard InChI is InChI=1S/C63H42N2/c1-63(2)54-24-11-10-19-48(54)49-36-35-45(38-55(49)63)64(42-15-4-3-5-16-42)43-31-26-39(27-32-43)40-28-33-44(34-29-40)65-56-25-13-23-53-60-51-21-9-7-18-47(51)46-17-6-8-20-50(46)59(60)52-22-12-14-41-30-37-57(65)62(58(41)52)61(53)56/h3-38H,1-2H3. The highest BCUT2D eigenvalue weighted by atomic mass is 15.1. The highest BCUT2D eigenvalue weighted by Crippen LogP contribution is 2.54. The van der Waals surface area contributed by atoms with E-state index in [1.54, 1.807) is 0 Å². The van der Waals surface area contributed by atoms with Crippen molar-refractivity contribution in [1.29, 1.82) is 0 Å². The molecule has 0 unspecified atom stereocenters. The molecule has 0 saturated carbocycles. The average molecular weight is 827 g/mol. The summed E-state index contributed by atoms with van der Waals surface area (Å²) in [4.78, 5) is 2.39. The predicted molar refractivity (Wildman–Crippen MR) is 275 cm³/mol. The maximum Gasteiger partial charge on any atom is 0.0547 e. The molecule has 65 heavy (non-hydrogen) atoms. The molecule has 2 aliphatic rings. The second kappa shape index (κ2) is 13.4. The molecule has 0 aliphatic heterocycles. The molecule has 11 aromatic carbocycles. The van der Waals surface area contributed by atoms with Crippen LogP contribution in [0, 0.1) is 0 Å². The molecule has 0 fully saturated rings. The van der Waals surface area contributed by atoms with E-state index in [0.717, 1.165) is 22.7 Å². The Bertz CT molecular complexity index is 3950. The number of fused-ring (bicyclic) bond motifs is 11. The quantitative estimate of drug-likeness (QED) is 0.157. The fraction of sp³-hybridized carbons (Fsp3) is 0.0476. The van der Waals surface area contributed by atoms with Crippen molar-refractivity contribution < 1.29 is 0 Å². The third-order valence-corrected chi connectivity index (χ3v) is 14.7. The fourth-order valence-electron chi connectivity index (χ4n) is 11.8. The molecule has 0 bridgehead atoms. The maximum absolute atomic E-state index is 2.49. The summed E-state index contributed by atoms with van der Waals surface area (Å²) in [5.41, 5.74) is 20.0. The van der Waals surface area contributed by atoms with Crippen LogP contribution in [0.15, 0.2) is 218 Å². The lowest BCUT2D eigenvalue weighted by molar-refractivity contribution is 0.660. The Morgan fingerprint density at radius 2 is 0.892 bits per heavy atom. The van der Waals surface area contributed by atoms with E-state index in [-0.39, 0.29) is 5.41 Å². The van der Waals surface area contributed by atoms with E-state index in [1.165, 1.54) is 110 Å². The minimum atomic E-state index is -0.0797. The van der Waals surface area contributed by atoms with Gasteiger partial charge in [0.2, 0.25) is 0 Å². The van der Waals surface area contributed by atoms with Crippen molar-refractivity contribution in [3.05, 3.63) is 230 Å². The minimum absolute atomic E-state index is 0.0797. The van der Waals surface area contributed by atoms with Crippen molar-refractivity contribution in [1.82, 2.24) is 4.57 Å². The van der Waals surface area contributed by atoms with Gasteiger partial charge in [0.1, 0.15) is 0 Å². The normalized spacial score (nSPS) is 13.2. The Morgan fingerprint density at radius 3 is 1.62 bits per heavy atom. The number of aromatic nitrogens is 1. The van der Waals surface area contributed by atoms with Gasteiger partial charge in [-0.15, -0.1) is 0 Å². The SMILES string of the molecule is CC1(C)c2ccccc2-c2ccc(N(c3ccccc3)c3ccc(-c4ccc(-n5c6cccc7c6c6c8c(cccc8ccc65)-c5c-7c6ccccc6c6ccccc56)cc4)cc3)cc21. The van der Waals surface area contributed by atoms with Crippen LogP contribution in [0.2, 0.25) is 0 Å². The zero-order valence-corrected chi connectivity index (χ0v) is 36.2. The summed E-state index contributed by atoms with van der Waals surface area (Å²) in [6.45, 7) is 4.70. The minimum Gasteiger partial charge on any atom is -0.310 e. The molecule has 0 atom stereocenters. The van der Waals surface area contributed by atoms with Gasteiger partial charge in [-0.05, 0) is 149 Å². The van der Waals surface area contributed by atoms with Crippen molar-refractivity contribution >= 4 is 71.2 Å². The molecular weight excluding hydrogens is 785 g/mol. The first-order chi connectivity index (χ1) is 32.0. The molecule has 14 rings (SSSR count). The molecular formula is C63H42N2. The van der Waals surface area contributed by atoms with Crippen molar-refractivity contribution in [2.45, 2.75) is 19.3 Å². The molecule has 304 valence electrons. The van der Waals surface area contributed by atoms with Crippen LogP contribution in [0.1, 0.15) is 25.0 Å². The van der Waals surface area contributed by atoms with Crippen LogP contribution in [0.4, 0.5) is 17.1 Å². The predicted octanol–water partition coefficient (Wildman–Crippen LogP) is 17.3. The first-order valence-electron chi connectivity index (χ1n) is 22.8. The molecule has 1 aromatic heterocycles. The number of para-hydroxylation sites is 1. The average Bonchev–Trinajstić information content (AvgIpc) is 3.77. The second-order valence-corrected chi connectivity index (χ2v) is 18.4. The Morgan fingerprint density at radius 1 is 0.354 bits per heavy atom. The van der Waals surface area contributed by atoms with Gasteiger partial charge in [0, 0.05) is 38.9 Å². The molecule has 0 radical (unpaired) electrons.